The van der Waals surface area contributed by atoms with Gasteiger partial charge in [-0.3, -0.25) is 9.79 Å². The third-order valence-corrected chi connectivity index (χ3v) is 14.4. The van der Waals surface area contributed by atoms with E-state index in [1.54, 1.807) is 0 Å². The van der Waals surface area contributed by atoms with Crippen LogP contribution in [0.5, 0.6) is 0 Å². The smallest absolute Gasteiger partial charge is 0.189 e. The minimum Gasteiger partial charge on any atom is -0.396 e. The average Bonchev–Trinajstić information content (AvgIpc) is 3.30. The monoisotopic (exact) mass is 597 g/mol. The maximum Gasteiger partial charge on any atom is 0.189 e. The van der Waals surface area contributed by atoms with Gasteiger partial charge in [-0.05, 0) is 92.1 Å². The van der Waals surface area contributed by atoms with Crippen molar-refractivity contribution in [3.8, 4) is 0 Å². The van der Waals surface area contributed by atoms with Gasteiger partial charge >= 0.3 is 0 Å². The normalized spacial score (nSPS) is 39.1. The zero-order valence-corrected chi connectivity index (χ0v) is 26.1. The number of benzene rings is 1. The molecule has 0 amide bonds. The zero-order valence-electron chi connectivity index (χ0n) is 24.4. The van der Waals surface area contributed by atoms with E-state index in [-0.39, 0.29) is 41.4 Å². The van der Waals surface area contributed by atoms with E-state index in [1.165, 1.54) is 11.1 Å². The number of rotatable bonds is 6. The van der Waals surface area contributed by atoms with Crippen LogP contribution >= 0.6 is 21.6 Å². The number of hydrogen-bond donors (Lipinski definition) is 4. The molecule has 2 aliphatic heterocycles. The molecule has 5 aliphatic rings. The summed E-state index contributed by atoms with van der Waals surface area (Å²) in [5.41, 5.74) is 9.97. The summed E-state index contributed by atoms with van der Waals surface area (Å²) in [5.74, 6) is 4.25. The van der Waals surface area contributed by atoms with Crippen molar-refractivity contribution in [2.45, 2.75) is 76.7 Å². The van der Waals surface area contributed by atoms with Crippen LogP contribution in [0.3, 0.4) is 0 Å². The molecule has 1 aromatic rings. The van der Waals surface area contributed by atoms with Gasteiger partial charge in [-0.25, -0.2) is 0 Å². The number of carbonyl (C=O) groups excluding carboxylic acids is 1. The van der Waals surface area contributed by atoms with E-state index in [2.05, 4.69) is 47.6 Å². The van der Waals surface area contributed by atoms with Crippen LogP contribution in [-0.2, 0) is 11.2 Å². The molecule has 6 nitrogen and oxygen atoms in total. The van der Waals surface area contributed by atoms with Crippen LogP contribution in [0.15, 0.2) is 46.5 Å². The Labute approximate surface area is 253 Å². The maximum atomic E-state index is 14.0. The summed E-state index contributed by atoms with van der Waals surface area (Å²) in [5, 5.41) is 24.0. The first-order valence-corrected chi connectivity index (χ1v) is 18.2. The second-order valence-corrected chi connectivity index (χ2v) is 16.2. The number of nitrogens with one attached hydrogen (secondary N) is 1. The zero-order chi connectivity index (χ0) is 28.7. The van der Waals surface area contributed by atoms with Gasteiger partial charge in [0.05, 0.1) is 5.54 Å². The van der Waals surface area contributed by atoms with E-state index in [0.717, 1.165) is 81.4 Å². The number of nitrogens with zero attached hydrogens (tertiary/aromatic N) is 1. The molecule has 8 heteroatoms. The van der Waals surface area contributed by atoms with Crippen molar-refractivity contribution >= 4 is 33.3 Å². The van der Waals surface area contributed by atoms with E-state index < -0.39 is 0 Å². The lowest BCUT2D eigenvalue weighted by Gasteiger charge is -2.57. The molecular weight excluding hydrogens is 551 g/mol. The highest BCUT2D eigenvalue weighted by atomic mass is 33.1. The van der Waals surface area contributed by atoms with E-state index >= 15 is 0 Å². The summed E-state index contributed by atoms with van der Waals surface area (Å²) in [7, 11) is 3.96. The van der Waals surface area contributed by atoms with Crippen molar-refractivity contribution in [3.05, 3.63) is 47.0 Å². The van der Waals surface area contributed by atoms with E-state index in [9.17, 15) is 15.0 Å². The first kappa shape index (κ1) is 29.6. The summed E-state index contributed by atoms with van der Waals surface area (Å²) in [4.78, 5) is 18.6. The molecule has 0 aromatic heterocycles. The molecule has 2 spiro atoms. The Kier molecular flexibility index (Phi) is 8.58. The number of hydrogen-bond acceptors (Lipinski definition) is 8. The van der Waals surface area contributed by atoms with Gasteiger partial charge in [0.15, 0.2) is 11.7 Å². The molecule has 2 saturated carbocycles. The summed E-state index contributed by atoms with van der Waals surface area (Å²) < 4.78 is 0. The first-order valence-electron chi connectivity index (χ1n) is 15.7. The molecule has 5 bridgehead atoms. The van der Waals surface area contributed by atoms with Gasteiger partial charge in [0.25, 0.3) is 0 Å². The Balaban J connectivity index is 1.34. The quantitative estimate of drug-likeness (QED) is 0.337. The van der Waals surface area contributed by atoms with Crippen molar-refractivity contribution < 1.29 is 15.0 Å². The van der Waals surface area contributed by atoms with Crippen LogP contribution in [0.4, 0.5) is 0 Å². The van der Waals surface area contributed by atoms with Crippen LogP contribution in [0.1, 0.15) is 70.3 Å². The molecule has 5 N–H and O–H groups in total. The SMILES string of the molecule is CC12CCSSCC3(CCCC4=C5CC1CC(CO)C(CCCO)C52CC4=O)NC(N)=NCC3Cc1ccccc1. The fourth-order valence-corrected chi connectivity index (χ4v) is 12.7. The molecular formula is C33H47N3O3S2. The van der Waals surface area contributed by atoms with Crippen LogP contribution in [0, 0.1) is 34.5 Å². The van der Waals surface area contributed by atoms with Gasteiger partial charge in [0, 0.05) is 49.0 Å². The Morgan fingerprint density at radius 3 is 2.78 bits per heavy atom. The highest BCUT2D eigenvalue weighted by Gasteiger charge is 2.69. The number of aliphatic hydroxyl groups excluding tert-OH is 2. The van der Waals surface area contributed by atoms with Crippen molar-refractivity contribution in [2.24, 2.45) is 45.2 Å². The third kappa shape index (κ3) is 4.98. The number of aliphatic imine (C=N–C) groups is 1. The molecule has 2 fully saturated rings. The molecule has 6 rings (SSSR count). The van der Waals surface area contributed by atoms with Gasteiger partial charge < -0.3 is 21.3 Å². The largest absolute Gasteiger partial charge is 0.396 e. The molecule has 41 heavy (non-hydrogen) atoms. The number of ketones is 1. The van der Waals surface area contributed by atoms with E-state index in [1.807, 2.05) is 21.6 Å². The molecule has 0 saturated heterocycles. The first-order chi connectivity index (χ1) is 19.9. The number of allylic oxidation sites excluding steroid dienone is 2. The predicted octanol–water partition coefficient (Wildman–Crippen LogP) is 5.14. The van der Waals surface area contributed by atoms with Gasteiger partial charge in [0.1, 0.15) is 0 Å². The van der Waals surface area contributed by atoms with Gasteiger partial charge in [-0.1, -0.05) is 64.4 Å². The van der Waals surface area contributed by atoms with Crippen LogP contribution in [0.2, 0.25) is 0 Å². The second-order valence-electron chi connectivity index (χ2n) is 13.6. The Morgan fingerprint density at radius 2 is 2.00 bits per heavy atom. The molecule has 7 unspecified atom stereocenters. The number of Topliss-reactive ketones (excluding diaryl/α,β-unsaturated/α-hetero) is 1. The topological polar surface area (TPSA) is 108 Å². The second kappa shape index (κ2) is 11.9. The molecule has 7 atom stereocenters. The van der Waals surface area contributed by atoms with Crippen molar-refractivity contribution in [3.63, 3.8) is 0 Å². The number of nitrogens with two attached hydrogens (primary N) is 1. The van der Waals surface area contributed by atoms with Crippen LogP contribution in [0.25, 0.3) is 0 Å². The summed E-state index contributed by atoms with van der Waals surface area (Å²) >= 11 is 0. The fourth-order valence-electron chi connectivity index (χ4n) is 9.83. The maximum absolute atomic E-state index is 14.0. The Bertz CT molecular complexity index is 1190. The summed E-state index contributed by atoms with van der Waals surface area (Å²) in [6, 6.07) is 10.7. The lowest BCUT2D eigenvalue weighted by Crippen LogP contribution is -2.61. The minimum absolute atomic E-state index is 0.0564. The van der Waals surface area contributed by atoms with Gasteiger partial charge in [-0.15, -0.1) is 0 Å². The Morgan fingerprint density at radius 1 is 1.17 bits per heavy atom. The molecule has 224 valence electrons. The van der Waals surface area contributed by atoms with E-state index in [0.29, 0.717) is 30.0 Å². The molecule has 2 heterocycles. The average molecular weight is 598 g/mol. The lowest BCUT2D eigenvalue weighted by atomic mass is 9.47. The number of aliphatic hydroxyl groups is 2. The highest BCUT2D eigenvalue weighted by Crippen LogP contribution is 2.75. The third-order valence-electron chi connectivity index (χ3n) is 11.9. The van der Waals surface area contributed by atoms with Gasteiger partial charge in [0.2, 0.25) is 0 Å². The minimum atomic E-state index is -0.164. The Hall–Kier alpha value is -1.48. The standard InChI is InChI=1S/C33H47N3O3S2/c1-31-12-14-40-41-21-32(25(19-35-30(34)36-32)15-22-7-3-2-4-8-22)11-5-9-26-28-17-24(31)16-23(20-38)27(10-6-13-37)33(28,31)18-29(26)39/h2-4,7-8,23-25,27,37-38H,5-6,9-21H2,1H3,(H3,34,35,36). The molecule has 0 radical (unpaired) electrons. The van der Waals surface area contributed by atoms with Crippen LogP contribution < -0.4 is 11.1 Å². The van der Waals surface area contributed by atoms with Gasteiger partial charge in [-0.2, -0.15) is 0 Å². The van der Waals surface area contributed by atoms with Crippen molar-refractivity contribution in [1.82, 2.24) is 5.32 Å². The molecule has 3 aliphatic carbocycles. The van der Waals surface area contributed by atoms with E-state index in [4.69, 9.17) is 5.73 Å². The number of carbonyl (C=O) groups is 1. The summed E-state index contributed by atoms with van der Waals surface area (Å²) in [6.45, 7) is 3.56. The fraction of sp³-hybridized carbons (Fsp3) is 0.697. The summed E-state index contributed by atoms with van der Waals surface area (Å²) in [6.07, 6.45) is 9.07. The van der Waals surface area contributed by atoms with Crippen molar-refractivity contribution in [1.29, 1.82) is 0 Å². The predicted molar refractivity (Wildman–Crippen MR) is 170 cm³/mol. The highest BCUT2D eigenvalue weighted by molar-refractivity contribution is 8.76. The lowest BCUT2D eigenvalue weighted by molar-refractivity contribution is -0.125. The number of guanidine groups is 1. The van der Waals surface area contributed by atoms with Crippen LogP contribution in [-0.4, -0.2) is 58.8 Å². The molecule has 1 aromatic carbocycles. The van der Waals surface area contributed by atoms with Crippen molar-refractivity contribution in [2.75, 3.05) is 31.3 Å².